The fourth-order valence-electron chi connectivity index (χ4n) is 2.02. The zero-order valence-corrected chi connectivity index (χ0v) is 13.3. The zero-order valence-electron chi connectivity index (χ0n) is 12.5. The Morgan fingerprint density at radius 3 is 2.43 bits per heavy atom. The maximum Gasteiger partial charge on any atom is 0.303 e. The summed E-state index contributed by atoms with van der Waals surface area (Å²) in [6.45, 7) is 4.14. The first-order valence-corrected chi connectivity index (χ1v) is 8.73. The van der Waals surface area contributed by atoms with Gasteiger partial charge in [-0.1, -0.05) is 37.3 Å². The molecule has 1 unspecified atom stereocenters. The average molecular weight is 313 g/mol. The van der Waals surface area contributed by atoms with Gasteiger partial charge >= 0.3 is 5.97 Å². The Labute approximate surface area is 126 Å². The summed E-state index contributed by atoms with van der Waals surface area (Å²) in [4.78, 5) is 10.5. The fraction of sp³-hybridized carbons (Fsp3) is 0.533. The Morgan fingerprint density at radius 1 is 1.29 bits per heavy atom. The molecule has 1 aromatic rings. The number of nitrogens with zero attached hydrogens (tertiary/aromatic N) is 1. The number of carbonyl (C=O) groups is 1. The molecule has 0 aliphatic heterocycles. The van der Waals surface area contributed by atoms with Gasteiger partial charge in [-0.2, -0.15) is 4.31 Å². The number of hydrogen-bond donors (Lipinski definition) is 1. The van der Waals surface area contributed by atoms with E-state index in [1.165, 1.54) is 4.31 Å². The summed E-state index contributed by atoms with van der Waals surface area (Å²) in [5.41, 5.74) is 0.930. The van der Waals surface area contributed by atoms with Crippen molar-refractivity contribution in [2.45, 2.75) is 45.7 Å². The summed E-state index contributed by atoms with van der Waals surface area (Å²) >= 11 is 0. The van der Waals surface area contributed by atoms with Gasteiger partial charge in [0.2, 0.25) is 10.0 Å². The second-order valence-corrected chi connectivity index (χ2v) is 7.14. The van der Waals surface area contributed by atoms with Crippen molar-refractivity contribution in [3.8, 4) is 0 Å². The van der Waals surface area contributed by atoms with Crippen LogP contribution in [-0.4, -0.2) is 35.6 Å². The second kappa shape index (κ2) is 8.14. The molecule has 0 aliphatic rings. The highest BCUT2D eigenvalue weighted by Crippen LogP contribution is 2.17. The third-order valence-corrected chi connectivity index (χ3v) is 5.42. The Bertz CT molecular complexity index is 542. The second-order valence-electron chi connectivity index (χ2n) is 5.10. The molecule has 0 saturated carbocycles. The maximum atomic E-state index is 12.4. The first-order valence-electron chi connectivity index (χ1n) is 7.12. The number of aliphatic carboxylic acids is 1. The molecular formula is C15H23NO4S. The van der Waals surface area contributed by atoms with Crippen molar-refractivity contribution in [1.82, 2.24) is 4.31 Å². The van der Waals surface area contributed by atoms with Crippen LogP contribution in [0, 0.1) is 0 Å². The molecule has 0 saturated heterocycles. The van der Waals surface area contributed by atoms with Gasteiger partial charge < -0.3 is 5.11 Å². The fourth-order valence-corrected chi connectivity index (χ4v) is 3.81. The predicted molar refractivity (Wildman–Crippen MR) is 82.4 cm³/mol. The highest BCUT2D eigenvalue weighted by Gasteiger charge is 2.26. The van der Waals surface area contributed by atoms with Crippen molar-refractivity contribution in [3.05, 3.63) is 35.9 Å². The minimum Gasteiger partial charge on any atom is -0.481 e. The van der Waals surface area contributed by atoms with Crippen LogP contribution in [0.1, 0.15) is 38.7 Å². The molecule has 1 atom stereocenters. The van der Waals surface area contributed by atoms with E-state index in [-0.39, 0.29) is 24.6 Å². The molecule has 1 N–H and O–H groups in total. The van der Waals surface area contributed by atoms with Crippen molar-refractivity contribution in [3.63, 3.8) is 0 Å². The van der Waals surface area contributed by atoms with Gasteiger partial charge in [-0.15, -0.1) is 0 Å². The molecule has 0 aromatic heterocycles. The summed E-state index contributed by atoms with van der Waals surface area (Å²) in [7, 11) is -3.46. The van der Waals surface area contributed by atoms with Gasteiger partial charge in [0, 0.05) is 19.0 Å². The summed E-state index contributed by atoms with van der Waals surface area (Å²) < 4.78 is 26.4. The smallest absolute Gasteiger partial charge is 0.303 e. The normalized spacial score (nSPS) is 13.3. The first kappa shape index (κ1) is 17.7. The molecule has 1 aromatic carbocycles. The van der Waals surface area contributed by atoms with E-state index in [4.69, 9.17) is 5.11 Å². The van der Waals surface area contributed by atoms with E-state index in [2.05, 4.69) is 0 Å². The van der Waals surface area contributed by atoms with Crippen molar-refractivity contribution >= 4 is 16.0 Å². The number of hydrogen-bond acceptors (Lipinski definition) is 3. The van der Waals surface area contributed by atoms with Gasteiger partial charge in [-0.05, 0) is 25.3 Å². The lowest BCUT2D eigenvalue weighted by Crippen LogP contribution is -2.39. The molecule has 21 heavy (non-hydrogen) atoms. The number of benzene rings is 1. The minimum absolute atomic E-state index is 0.111. The Morgan fingerprint density at radius 2 is 1.90 bits per heavy atom. The standard InChI is InChI=1S/C15H23NO4S/c1-3-13(2)16(12-14-8-5-4-6-9-14)21(19,20)11-7-10-15(17)18/h4-6,8-9,13H,3,7,10-12H2,1-2H3,(H,17,18). The Balaban J connectivity index is 2.83. The molecule has 0 aliphatic carbocycles. The van der Waals surface area contributed by atoms with E-state index >= 15 is 0 Å². The van der Waals surface area contributed by atoms with E-state index in [0.29, 0.717) is 13.0 Å². The predicted octanol–water partition coefficient (Wildman–Crippen LogP) is 2.48. The van der Waals surface area contributed by atoms with Gasteiger partial charge in [0.25, 0.3) is 0 Å². The van der Waals surface area contributed by atoms with E-state index in [0.717, 1.165) is 5.56 Å². The van der Waals surface area contributed by atoms with Crippen LogP contribution in [-0.2, 0) is 21.4 Å². The molecule has 0 radical (unpaired) electrons. The molecule has 5 nitrogen and oxygen atoms in total. The van der Waals surface area contributed by atoms with Crippen molar-refractivity contribution in [1.29, 1.82) is 0 Å². The molecule has 0 amide bonds. The summed E-state index contributed by atoms with van der Waals surface area (Å²) in [5, 5.41) is 8.63. The van der Waals surface area contributed by atoms with Crippen LogP contribution < -0.4 is 0 Å². The highest BCUT2D eigenvalue weighted by atomic mass is 32.2. The van der Waals surface area contributed by atoms with E-state index < -0.39 is 16.0 Å². The van der Waals surface area contributed by atoms with Gasteiger partial charge in [-0.3, -0.25) is 4.79 Å². The van der Waals surface area contributed by atoms with Crippen LogP contribution in [0.25, 0.3) is 0 Å². The monoisotopic (exact) mass is 313 g/mol. The van der Waals surface area contributed by atoms with Crippen molar-refractivity contribution in [2.24, 2.45) is 0 Å². The molecule has 0 spiro atoms. The molecule has 0 fully saturated rings. The van der Waals surface area contributed by atoms with Gasteiger partial charge in [0.05, 0.1) is 5.75 Å². The zero-order chi connectivity index (χ0) is 15.9. The number of carboxylic acids is 1. The SMILES string of the molecule is CCC(C)N(Cc1ccccc1)S(=O)(=O)CCCC(=O)O. The van der Waals surface area contributed by atoms with Gasteiger partial charge in [-0.25, -0.2) is 8.42 Å². The maximum absolute atomic E-state index is 12.4. The van der Waals surface area contributed by atoms with Gasteiger partial charge in [0.15, 0.2) is 0 Å². The lowest BCUT2D eigenvalue weighted by molar-refractivity contribution is -0.137. The van der Waals surface area contributed by atoms with Crippen LogP contribution in [0.5, 0.6) is 0 Å². The van der Waals surface area contributed by atoms with Gasteiger partial charge in [0.1, 0.15) is 0 Å². The highest BCUT2D eigenvalue weighted by molar-refractivity contribution is 7.89. The lowest BCUT2D eigenvalue weighted by atomic mass is 10.2. The van der Waals surface area contributed by atoms with Crippen molar-refractivity contribution < 1.29 is 18.3 Å². The number of sulfonamides is 1. The molecule has 0 bridgehead atoms. The molecular weight excluding hydrogens is 290 g/mol. The van der Waals surface area contributed by atoms with E-state index in [9.17, 15) is 13.2 Å². The lowest BCUT2D eigenvalue weighted by Gasteiger charge is -2.27. The third kappa shape index (κ3) is 5.85. The summed E-state index contributed by atoms with van der Waals surface area (Å²) in [6, 6.07) is 9.31. The number of rotatable bonds is 9. The molecule has 1 rings (SSSR count). The van der Waals surface area contributed by atoms with E-state index in [1.807, 2.05) is 44.2 Å². The van der Waals surface area contributed by atoms with Crippen LogP contribution in [0.2, 0.25) is 0 Å². The minimum atomic E-state index is -3.46. The van der Waals surface area contributed by atoms with Crippen LogP contribution >= 0.6 is 0 Å². The third-order valence-electron chi connectivity index (χ3n) is 3.41. The average Bonchev–Trinajstić information content (AvgIpc) is 2.44. The Kier molecular flexibility index (Phi) is 6.84. The summed E-state index contributed by atoms with van der Waals surface area (Å²) in [6.07, 6.45) is 0.725. The quantitative estimate of drug-likeness (QED) is 0.760. The van der Waals surface area contributed by atoms with Crippen molar-refractivity contribution in [2.75, 3.05) is 5.75 Å². The molecule has 118 valence electrons. The molecule has 0 heterocycles. The van der Waals surface area contributed by atoms with Crippen LogP contribution in [0.4, 0.5) is 0 Å². The van der Waals surface area contributed by atoms with Crippen LogP contribution in [0.3, 0.4) is 0 Å². The summed E-state index contributed by atoms with van der Waals surface area (Å²) in [5.74, 6) is -1.10. The van der Waals surface area contributed by atoms with E-state index in [1.54, 1.807) is 0 Å². The topological polar surface area (TPSA) is 74.7 Å². The number of carboxylic acid groups (broad SMARTS) is 1. The van der Waals surface area contributed by atoms with Crippen LogP contribution in [0.15, 0.2) is 30.3 Å². The largest absolute Gasteiger partial charge is 0.481 e. The molecule has 6 heteroatoms. The Hall–Kier alpha value is -1.40. The first-order chi connectivity index (χ1) is 9.86.